The fourth-order valence-corrected chi connectivity index (χ4v) is 2.32. The molecule has 1 N–H and O–H groups in total. The van der Waals surface area contributed by atoms with E-state index in [0.717, 1.165) is 0 Å². The van der Waals surface area contributed by atoms with Crippen molar-refractivity contribution in [2.75, 3.05) is 5.75 Å². The predicted molar refractivity (Wildman–Crippen MR) is 61.5 cm³/mol. The third-order valence-electron chi connectivity index (χ3n) is 2.32. The number of hydrogen-bond acceptors (Lipinski definition) is 2. The van der Waals surface area contributed by atoms with Gasteiger partial charge in [-0.1, -0.05) is 6.92 Å². The molecule has 0 saturated heterocycles. The third kappa shape index (κ3) is 1.78. The number of aromatic amines is 1. The van der Waals surface area contributed by atoms with Crippen molar-refractivity contribution in [1.29, 1.82) is 0 Å². The first kappa shape index (κ1) is 11.0. The zero-order chi connectivity index (χ0) is 11.7. The molecule has 2 aromatic rings. The van der Waals surface area contributed by atoms with Crippen LogP contribution in [0.5, 0.6) is 0 Å². The van der Waals surface area contributed by atoms with Gasteiger partial charge in [0.2, 0.25) is 5.43 Å². The molecule has 3 nitrogen and oxygen atoms in total. The molecule has 0 saturated carbocycles. The van der Waals surface area contributed by atoms with Crippen molar-refractivity contribution < 1.29 is 8.60 Å². The van der Waals surface area contributed by atoms with Gasteiger partial charge in [-0.3, -0.25) is 9.00 Å². The van der Waals surface area contributed by atoms with Crippen LogP contribution in [-0.2, 0) is 10.8 Å². The molecular formula is C11H10FNO2S. The second-order valence-corrected chi connectivity index (χ2v) is 5.01. The summed E-state index contributed by atoms with van der Waals surface area (Å²) < 4.78 is 24.5. The summed E-state index contributed by atoms with van der Waals surface area (Å²) in [6.45, 7) is 1.74. The zero-order valence-electron chi connectivity index (χ0n) is 8.62. The Kier molecular flexibility index (Phi) is 2.87. The lowest BCUT2D eigenvalue weighted by Gasteiger charge is -2.01. The Hall–Kier alpha value is -1.49. The number of H-pyrrole nitrogens is 1. The summed E-state index contributed by atoms with van der Waals surface area (Å²) in [5, 5.41) is 0.362. The van der Waals surface area contributed by atoms with E-state index in [1.165, 1.54) is 24.4 Å². The highest BCUT2D eigenvalue weighted by molar-refractivity contribution is 7.85. The van der Waals surface area contributed by atoms with E-state index in [9.17, 15) is 13.4 Å². The Morgan fingerprint density at radius 2 is 2.19 bits per heavy atom. The van der Waals surface area contributed by atoms with Crippen LogP contribution < -0.4 is 5.43 Å². The average molecular weight is 239 g/mol. The number of hydrogen-bond donors (Lipinski definition) is 1. The van der Waals surface area contributed by atoms with Crippen molar-refractivity contribution in [3.05, 3.63) is 40.4 Å². The fraction of sp³-hybridized carbons (Fsp3) is 0.182. The summed E-state index contributed by atoms with van der Waals surface area (Å²) in [7, 11) is -1.30. The second-order valence-electron chi connectivity index (χ2n) is 3.31. The number of pyridine rings is 1. The van der Waals surface area contributed by atoms with Crippen molar-refractivity contribution in [2.24, 2.45) is 0 Å². The summed E-state index contributed by atoms with van der Waals surface area (Å²) in [6.07, 6.45) is 1.39. The summed E-state index contributed by atoms with van der Waals surface area (Å²) in [5.74, 6) is -0.0250. The van der Waals surface area contributed by atoms with Gasteiger partial charge >= 0.3 is 0 Å². The monoisotopic (exact) mass is 239 g/mol. The van der Waals surface area contributed by atoms with Crippen LogP contribution in [0.2, 0.25) is 0 Å². The lowest BCUT2D eigenvalue weighted by molar-refractivity contribution is 0.629. The van der Waals surface area contributed by atoms with Gasteiger partial charge in [-0.2, -0.15) is 0 Å². The highest BCUT2D eigenvalue weighted by Crippen LogP contribution is 2.11. The summed E-state index contributed by atoms with van der Waals surface area (Å²) in [4.78, 5) is 14.9. The number of rotatable bonds is 2. The van der Waals surface area contributed by atoms with E-state index in [4.69, 9.17) is 0 Å². The molecular weight excluding hydrogens is 229 g/mol. The van der Waals surface area contributed by atoms with Crippen LogP contribution in [-0.4, -0.2) is 14.9 Å². The molecule has 1 unspecified atom stereocenters. The van der Waals surface area contributed by atoms with E-state index < -0.39 is 16.6 Å². The van der Waals surface area contributed by atoms with Gasteiger partial charge in [0.15, 0.2) is 0 Å². The molecule has 16 heavy (non-hydrogen) atoms. The molecule has 0 amide bonds. The van der Waals surface area contributed by atoms with E-state index in [2.05, 4.69) is 4.98 Å². The molecule has 1 heterocycles. The summed E-state index contributed by atoms with van der Waals surface area (Å²) in [5.41, 5.74) is 0.121. The van der Waals surface area contributed by atoms with Crippen LogP contribution in [0.1, 0.15) is 6.92 Å². The Balaban J connectivity index is 2.76. The zero-order valence-corrected chi connectivity index (χ0v) is 9.44. The highest BCUT2D eigenvalue weighted by Gasteiger charge is 2.10. The minimum atomic E-state index is -1.30. The average Bonchev–Trinajstić information content (AvgIpc) is 2.28. The summed E-state index contributed by atoms with van der Waals surface area (Å²) >= 11 is 0. The van der Waals surface area contributed by atoms with Gasteiger partial charge in [-0.25, -0.2) is 4.39 Å². The van der Waals surface area contributed by atoms with Gasteiger partial charge < -0.3 is 4.98 Å². The van der Waals surface area contributed by atoms with Crippen molar-refractivity contribution in [1.82, 2.24) is 4.98 Å². The van der Waals surface area contributed by atoms with E-state index in [1.54, 1.807) is 6.92 Å². The third-order valence-corrected chi connectivity index (χ3v) is 3.63. The molecule has 84 valence electrons. The van der Waals surface area contributed by atoms with E-state index in [1.807, 2.05) is 0 Å². The van der Waals surface area contributed by atoms with Crippen LogP contribution >= 0.6 is 0 Å². The van der Waals surface area contributed by atoms with Crippen LogP contribution in [0, 0.1) is 5.82 Å². The van der Waals surface area contributed by atoms with Gasteiger partial charge in [0, 0.05) is 17.3 Å². The Labute approximate surface area is 93.8 Å². The smallest absolute Gasteiger partial charge is 0.205 e. The first-order chi connectivity index (χ1) is 7.63. The highest BCUT2D eigenvalue weighted by atomic mass is 32.2. The number of benzene rings is 1. The first-order valence-electron chi connectivity index (χ1n) is 4.83. The first-order valence-corrected chi connectivity index (χ1v) is 6.14. The van der Waals surface area contributed by atoms with Crippen molar-refractivity contribution >= 4 is 21.7 Å². The maximum Gasteiger partial charge on any atom is 0.205 e. The molecule has 0 aliphatic rings. The topological polar surface area (TPSA) is 49.9 Å². The Morgan fingerprint density at radius 1 is 1.44 bits per heavy atom. The van der Waals surface area contributed by atoms with E-state index in [0.29, 0.717) is 16.7 Å². The molecule has 0 radical (unpaired) electrons. The molecule has 1 aromatic heterocycles. The van der Waals surface area contributed by atoms with Crippen LogP contribution in [0.25, 0.3) is 10.9 Å². The maximum absolute atomic E-state index is 12.9. The molecule has 0 bridgehead atoms. The normalized spacial score (nSPS) is 12.9. The van der Waals surface area contributed by atoms with Crippen LogP contribution in [0.4, 0.5) is 4.39 Å². The molecule has 5 heteroatoms. The minimum Gasteiger partial charge on any atom is -0.360 e. The number of halogens is 1. The van der Waals surface area contributed by atoms with Gasteiger partial charge in [-0.15, -0.1) is 0 Å². The molecule has 0 aliphatic heterocycles. The number of nitrogens with one attached hydrogen (secondary N) is 1. The van der Waals surface area contributed by atoms with Gasteiger partial charge in [-0.05, 0) is 18.2 Å². The van der Waals surface area contributed by atoms with Gasteiger partial charge in [0.05, 0.1) is 16.3 Å². The van der Waals surface area contributed by atoms with Crippen LogP contribution in [0.15, 0.2) is 34.1 Å². The molecule has 0 spiro atoms. The van der Waals surface area contributed by atoms with Gasteiger partial charge in [0.25, 0.3) is 0 Å². The number of fused-ring (bicyclic) bond motifs is 1. The van der Waals surface area contributed by atoms with E-state index >= 15 is 0 Å². The molecule has 0 aliphatic carbocycles. The van der Waals surface area contributed by atoms with Crippen molar-refractivity contribution in [2.45, 2.75) is 11.8 Å². The summed E-state index contributed by atoms with van der Waals surface area (Å²) in [6, 6.07) is 3.87. The van der Waals surface area contributed by atoms with Crippen LogP contribution in [0.3, 0.4) is 0 Å². The Bertz CT molecular complexity index is 621. The lowest BCUT2D eigenvalue weighted by atomic mass is 10.2. The van der Waals surface area contributed by atoms with E-state index in [-0.39, 0.29) is 10.3 Å². The lowest BCUT2D eigenvalue weighted by Crippen LogP contribution is -2.12. The number of aromatic nitrogens is 1. The molecule has 1 atom stereocenters. The Morgan fingerprint density at radius 3 is 2.88 bits per heavy atom. The minimum absolute atomic E-state index is 0.238. The molecule has 1 aromatic carbocycles. The quantitative estimate of drug-likeness (QED) is 0.868. The molecule has 0 fully saturated rings. The molecule has 2 rings (SSSR count). The fourth-order valence-electron chi connectivity index (χ4n) is 1.50. The van der Waals surface area contributed by atoms with Gasteiger partial charge in [0.1, 0.15) is 10.7 Å². The maximum atomic E-state index is 12.9. The van der Waals surface area contributed by atoms with Crippen molar-refractivity contribution in [3.63, 3.8) is 0 Å². The SMILES string of the molecule is CCS(=O)c1c[nH]c2cc(F)ccc2c1=O. The van der Waals surface area contributed by atoms with Crippen molar-refractivity contribution in [3.8, 4) is 0 Å². The predicted octanol–water partition coefficient (Wildman–Crippen LogP) is 1.79. The second kappa shape index (κ2) is 4.17. The standard InChI is InChI=1S/C11H10FNO2S/c1-2-16(15)10-6-13-9-5-7(12)3-4-8(9)11(10)14/h3-6H,2H2,1H3,(H,13,14). The largest absolute Gasteiger partial charge is 0.360 e.